The number of hydrogen-bond acceptors (Lipinski definition) is 1. The molecule has 0 aliphatic heterocycles. The SMILES string of the molecule is CCC(C(=O)O)[C@H](C)C1CCCCC1. The van der Waals surface area contributed by atoms with Crippen LogP contribution in [-0.2, 0) is 4.79 Å². The van der Waals surface area contributed by atoms with Crippen LogP contribution in [-0.4, -0.2) is 11.1 Å². The molecule has 1 aliphatic rings. The van der Waals surface area contributed by atoms with Gasteiger partial charge in [0.25, 0.3) is 0 Å². The summed E-state index contributed by atoms with van der Waals surface area (Å²) >= 11 is 0. The van der Waals surface area contributed by atoms with Gasteiger partial charge < -0.3 is 5.11 Å². The Labute approximate surface area is 86.7 Å². The minimum absolute atomic E-state index is 0.127. The number of carboxylic acid groups (broad SMARTS) is 1. The van der Waals surface area contributed by atoms with Crippen LogP contribution >= 0.6 is 0 Å². The zero-order valence-corrected chi connectivity index (χ0v) is 9.33. The monoisotopic (exact) mass is 198 g/mol. The molecule has 2 atom stereocenters. The lowest BCUT2D eigenvalue weighted by atomic mass is 9.74. The van der Waals surface area contributed by atoms with Crippen LogP contribution in [0.4, 0.5) is 0 Å². The maximum absolute atomic E-state index is 11.0. The summed E-state index contributed by atoms with van der Waals surface area (Å²) in [4.78, 5) is 11.0. The maximum atomic E-state index is 11.0. The molecule has 1 aliphatic carbocycles. The molecule has 0 aromatic carbocycles. The first-order valence-electron chi connectivity index (χ1n) is 5.89. The van der Waals surface area contributed by atoms with Gasteiger partial charge in [-0.25, -0.2) is 0 Å². The largest absolute Gasteiger partial charge is 0.481 e. The zero-order valence-electron chi connectivity index (χ0n) is 9.33. The van der Waals surface area contributed by atoms with Crippen LogP contribution in [0.3, 0.4) is 0 Å². The summed E-state index contributed by atoms with van der Waals surface area (Å²) in [5, 5.41) is 9.07. The van der Waals surface area contributed by atoms with Crippen molar-refractivity contribution in [2.24, 2.45) is 17.8 Å². The number of carboxylic acids is 1. The molecular weight excluding hydrogens is 176 g/mol. The molecule has 0 bridgehead atoms. The van der Waals surface area contributed by atoms with Crippen molar-refractivity contribution in [3.8, 4) is 0 Å². The summed E-state index contributed by atoms with van der Waals surface area (Å²) < 4.78 is 0. The van der Waals surface area contributed by atoms with E-state index in [1.165, 1.54) is 32.1 Å². The molecule has 2 heteroatoms. The van der Waals surface area contributed by atoms with Gasteiger partial charge in [0, 0.05) is 0 Å². The van der Waals surface area contributed by atoms with Crippen molar-refractivity contribution >= 4 is 5.97 Å². The summed E-state index contributed by atoms with van der Waals surface area (Å²) in [5.74, 6) is 0.284. The second kappa shape index (κ2) is 5.38. The topological polar surface area (TPSA) is 37.3 Å². The fourth-order valence-electron chi connectivity index (χ4n) is 2.76. The zero-order chi connectivity index (χ0) is 10.6. The Morgan fingerprint density at radius 2 is 1.93 bits per heavy atom. The van der Waals surface area contributed by atoms with E-state index in [9.17, 15) is 4.79 Å². The number of rotatable bonds is 4. The van der Waals surface area contributed by atoms with Gasteiger partial charge in [-0.1, -0.05) is 46.0 Å². The van der Waals surface area contributed by atoms with Crippen molar-refractivity contribution in [3.63, 3.8) is 0 Å². The average molecular weight is 198 g/mol. The lowest BCUT2D eigenvalue weighted by Crippen LogP contribution is -2.28. The van der Waals surface area contributed by atoms with Gasteiger partial charge in [0.2, 0.25) is 0 Å². The van der Waals surface area contributed by atoms with E-state index in [0.717, 1.165) is 6.42 Å². The molecule has 0 radical (unpaired) electrons. The third-order valence-electron chi connectivity index (χ3n) is 3.79. The van der Waals surface area contributed by atoms with Crippen LogP contribution in [0.5, 0.6) is 0 Å². The number of hydrogen-bond donors (Lipinski definition) is 1. The van der Waals surface area contributed by atoms with Crippen molar-refractivity contribution in [1.82, 2.24) is 0 Å². The molecule has 1 fully saturated rings. The average Bonchev–Trinajstić information content (AvgIpc) is 2.19. The molecule has 1 N–H and O–H groups in total. The highest BCUT2D eigenvalue weighted by atomic mass is 16.4. The summed E-state index contributed by atoms with van der Waals surface area (Å²) in [6, 6.07) is 0. The maximum Gasteiger partial charge on any atom is 0.306 e. The Morgan fingerprint density at radius 1 is 1.36 bits per heavy atom. The van der Waals surface area contributed by atoms with Crippen LogP contribution in [0.25, 0.3) is 0 Å². The molecule has 0 amide bonds. The molecule has 14 heavy (non-hydrogen) atoms. The van der Waals surface area contributed by atoms with Crippen molar-refractivity contribution in [3.05, 3.63) is 0 Å². The summed E-state index contributed by atoms with van der Waals surface area (Å²) in [7, 11) is 0. The smallest absolute Gasteiger partial charge is 0.306 e. The highest BCUT2D eigenvalue weighted by molar-refractivity contribution is 5.70. The van der Waals surface area contributed by atoms with Crippen LogP contribution in [0, 0.1) is 17.8 Å². The van der Waals surface area contributed by atoms with Gasteiger partial charge in [0.05, 0.1) is 5.92 Å². The van der Waals surface area contributed by atoms with Crippen molar-refractivity contribution in [1.29, 1.82) is 0 Å². The Bertz CT molecular complexity index is 183. The lowest BCUT2D eigenvalue weighted by molar-refractivity contribution is -0.144. The highest BCUT2D eigenvalue weighted by Gasteiger charge is 2.30. The molecule has 1 saturated carbocycles. The number of carbonyl (C=O) groups is 1. The molecular formula is C12H22O2. The molecule has 2 nitrogen and oxygen atoms in total. The Kier molecular flexibility index (Phi) is 4.43. The molecule has 0 heterocycles. The molecule has 0 saturated heterocycles. The van der Waals surface area contributed by atoms with E-state index in [1.807, 2.05) is 6.92 Å². The molecule has 0 spiro atoms. The minimum Gasteiger partial charge on any atom is -0.481 e. The first kappa shape index (κ1) is 11.5. The Hall–Kier alpha value is -0.530. The highest BCUT2D eigenvalue weighted by Crippen LogP contribution is 2.34. The van der Waals surface area contributed by atoms with Crippen LogP contribution in [0.2, 0.25) is 0 Å². The molecule has 0 aromatic rings. The van der Waals surface area contributed by atoms with Gasteiger partial charge in [-0.2, -0.15) is 0 Å². The van der Waals surface area contributed by atoms with E-state index < -0.39 is 5.97 Å². The molecule has 1 rings (SSSR count). The van der Waals surface area contributed by atoms with Crippen molar-refractivity contribution in [2.45, 2.75) is 52.4 Å². The van der Waals surface area contributed by atoms with Crippen molar-refractivity contribution in [2.75, 3.05) is 0 Å². The fraction of sp³-hybridized carbons (Fsp3) is 0.917. The van der Waals surface area contributed by atoms with E-state index in [2.05, 4.69) is 6.92 Å². The van der Waals surface area contributed by atoms with Crippen LogP contribution < -0.4 is 0 Å². The Morgan fingerprint density at radius 3 is 2.36 bits per heavy atom. The summed E-state index contributed by atoms with van der Waals surface area (Å²) in [6.45, 7) is 4.11. The first-order chi connectivity index (χ1) is 6.66. The Balaban J connectivity index is 2.51. The second-order valence-electron chi connectivity index (χ2n) is 4.61. The van der Waals surface area contributed by atoms with Crippen molar-refractivity contribution < 1.29 is 9.90 Å². The van der Waals surface area contributed by atoms with Gasteiger partial charge in [-0.3, -0.25) is 4.79 Å². The van der Waals surface area contributed by atoms with Gasteiger partial charge in [-0.05, 0) is 18.3 Å². The van der Waals surface area contributed by atoms with Gasteiger partial charge in [0.1, 0.15) is 0 Å². The summed E-state index contributed by atoms with van der Waals surface area (Å²) in [6.07, 6.45) is 7.19. The van der Waals surface area contributed by atoms with E-state index >= 15 is 0 Å². The van der Waals surface area contributed by atoms with Gasteiger partial charge >= 0.3 is 5.97 Å². The first-order valence-corrected chi connectivity index (χ1v) is 5.89. The normalized spacial score (nSPS) is 23.0. The van der Waals surface area contributed by atoms with Gasteiger partial charge in [0.15, 0.2) is 0 Å². The third-order valence-corrected chi connectivity index (χ3v) is 3.79. The molecule has 82 valence electrons. The second-order valence-corrected chi connectivity index (χ2v) is 4.61. The quantitative estimate of drug-likeness (QED) is 0.752. The van der Waals surface area contributed by atoms with E-state index in [-0.39, 0.29) is 5.92 Å². The van der Waals surface area contributed by atoms with Gasteiger partial charge in [-0.15, -0.1) is 0 Å². The lowest BCUT2D eigenvalue weighted by Gasteiger charge is -2.31. The predicted molar refractivity (Wildman–Crippen MR) is 57.2 cm³/mol. The van der Waals surface area contributed by atoms with E-state index in [0.29, 0.717) is 11.8 Å². The summed E-state index contributed by atoms with van der Waals surface area (Å²) in [5.41, 5.74) is 0. The predicted octanol–water partition coefficient (Wildman–Crippen LogP) is 3.31. The van der Waals surface area contributed by atoms with E-state index in [4.69, 9.17) is 5.11 Å². The standard InChI is InChI=1S/C12H22O2/c1-3-11(12(13)14)9(2)10-7-5-4-6-8-10/h9-11H,3-8H2,1-2H3,(H,13,14)/t9-,11?/m1/s1. The minimum atomic E-state index is -0.606. The van der Waals surface area contributed by atoms with Crippen LogP contribution in [0.1, 0.15) is 52.4 Å². The van der Waals surface area contributed by atoms with Crippen LogP contribution in [0.15, 0.2) is 0 Å². The number of aliphatic carboxylic acids is 1. The van der Waals surface area contributed by atoms with E-state index in [1.54, 1.807) is 0 Å². The molecule has 1 unspecified atom stereocenters. The molecule has 0 aromatic heterocycles. The third kappa shape index (κ3) is 2.73. The fourth-order valence-corrected chi connectivity index (χ4v) is 2.76.